The van der Waals surface area contributed by atoms with Gasteiger partial charge in [0, 0.05) is 18.0 Å². The van der Waals surface area contributed by atoms with Gasteiger partial charge < -0.3 is 5.32 Å². The molecule has 0 fully saturated rings. The van der Waals surface area contributed by atoms with E-state index in [4.69, 9.17) is 11.6 Å². The van der Waals surface area contributed by atoms with Crippen molar-refractivity contribution in [1.82, 2.24) is 5.32 Å². The molecule has 0 saturated heterocycles. The molecule has 1 aromatic carbocycles. The highest BCUT2D eigenvalue weighted by molar-refractivity contribution is 6.17. The minimum Gasteiger partial charge on any atom is -0.352 e. The number of halogens is 1. The number of aryl methyl sites for hydroxylation is 1. The fourth-order valence-corrected chi connectivity index (χ4v) is 2.04. The number of nitrogens with one attached hydrogen (secondary N) is 1. The van der Waals surface area contributed by atoms with Gasteiger partial charge in [0.1, 0.15) is 0 Å². The predicted octanol–water partition coefficient (Wildman–Crippen LogP) is 3.38. The summed E-state index contributed by atoms with van der Waals surface area (Å²) in [6.45, 7) is 4.81. The van der Waals surface area contributed by atoms with Crippen molar-refractivity contribution in [2.45, 2.75) is 26.7 Å². The highest BCUT2D eigenvalue weighted by atomic mass is 35.5. The van der Waals surface area contributed by atoms with Gasteiger partial charge in [0.2, 0.25) is 0 Å². The largest absolute Gasteiger partial charge is 0.352 e. The zero-order chi connectivity index (χ0) is 12.7. The van der Waals surface area contributed by atoms with Gasteiger partial charge in [0.15, 0.2) is 0 Å². The zero-order valence-electron chi connectivity index (χ0n) is 10.5. The van der Waals surface area contributed by atoms with Crippen LogP contribution in [0.1, 0.15) is 35.7 Å². The van der Waals surface area contributed by atoms with Crippen molar-refractivity contribution in [2.24, 2.45) is 5.92 Å². The number of hydrogen-bond acceptors (Lipinski definition) is 1. The number of hydrogen-bond donors (Lipinski definition) is 1. The van der Waals surface area contributed by atoms with Crippen LogP contribution in [0.2, 0.25) is 0 Å². The molecule has 0 aliphatic carbocycles. The number of rotatable bonds is 6. The Morgan fingerprint density at radius 2 is 2.24 bits per heavy atom. The molecule has 0 heterocycles. The molecule has 1 atom stereocenters. The zero-order valence-corrected chi connectivity index (χ0v) is 11.3. The molecule has 3 heteroatoms. The summed E-state index contributed by atoms with van der Waals surface area (Å²) < 4.78 is 0. The molecule has 1 N–H and O–H groups in total. The first-order valence-corrected chi connectivity index (χ1v) is 6.61. The van der Waals surface area contributed by atoms with E-state index in [0.29, 0.717) is 18.3 Å². The van der Waals surface area contributed by atoms with E-state index in [1.54, 1.807) is 0 Å². The Kier molecular flexibility index (Phi) is 6.06. The first kappa shape index (κ1) is 14.0. The van der Waals surface area contributed by atoms with E-state index < -0.39 is 0 Å². The van der Waals surface area contributed by atoms with Crippen molar-refractivity contribution in [1.29, 1.82) is 0 Å². The third-order valence-corrected chi connectivity index (χ3v) is 3.14. The molecule has 0 radical (unpaired) electrons. The van der Waals surface area contributed by atoms with Crippen LogP contribution < -0.4 is 5.32 Å². The molecule has 0 aromatic heterocycles. The van der Waals surface area contributed by atoms with Crippen LogP contribution in [0.3, 0.4) is 0 Å². The fourth-order valence-electron chi connectivity index (χ4n) is 1.73. The van der Waals surface area contributed by atoms with E-state index in [9.17, 15) is 4.79 Å². The van der Waals surface area contributed by atoms with Crippen LogP contribution in [0.5, 0.6) is 0 Å². The Bertz CT molecular complexity index is 365. The van der Waals surface area contributed by atoms with Crippen molar-refractivity contribution in [3.05, 3.63) is 35.4 Å². The van der Waals surface area contributed by atoms with E-state index in [-0.39, 0.29) is 5.91 Å². The summed E-state index contributed by atoms with van der Waals surface area (Å²) in [6.07, 6.45) is 1.99. The predicted molar refractivity (Wildman–Crippen MR) is 72.6 cm³/mol. The first-order chi connectivity index (χ1) is 8.17. The smallest absolute Gasteiger partial charge is 0.251 e. The molecule has 1 amide bonds. The number of carbonyl (C=O) groups excluding carboxylic acids is 1. The summed E-state index contributed by atoms with van der Waals surface area (Å²) in [4.78, 5) is 11.9. The van der Waals surface area contributed by atoms with E-state index in [1.165, 1.54) is 0 Å². The number of carbonyl (C=O) groups is 1. The summed E-state index contributed by atoms with van der Waals surface area (Å²) in [5, 5.41) is 2.96. The Balaban J connectivity index is 2.49. The van der Waals surface area contributed by atoms with Gasteiger partial charge in [-0.15, -0.1) is 11.6 Å². The Morgan fingerprint density at radius 3 is 2.82 bits per heavy atom. The molecule has 1 rings (SSSR count). The molecule has 0 aliphatic rings. The van der Waals surface area contributed by atoms with Crippen LogP contribution in [0.15, 0.2) is 24.3 Å². The monoisotopic (exact) mass is 253 g/mol. The second-order valence-electron chi connectivity index (χ2n) is 4.33. The molecule has 0 saturated carbocycles. The Hall–Kier alpha value is -1.02. The molecule has 1 unspecified atom stereocenters. The quantitative estimate of drug-likeness (QED) is 0.774. The van der Waals surface area contributed by atoms with Gasteiger partial charge in [-0.3, -0.25) is 4.79 Å². The molecule has 0 aliphatic heterocycles. The van der Waals surface area contributed by atoms with Crippen LogP contribution >= 0.6 is 11.6 Å². The minimum absolute atomic E-state index is 0.00159. The van der Waals surface area contributed by atoms with Crippen LogP contribution in [0.25, 0.3) is 0 Å². The van der Waals surface area contributed by atoms with E-state index >= 15 is 0 Å². The lowest BCUT2D eigenvalue weighted by Gasteiger charge is -2.14. The normalized spacial score (nSPS) is 12.2. The second-order valence-corrected chi connectivity index (χ2v) is 4.71. The minimum atomic E-state index is 0.00159. The number of amides is 1. The van der Waals surface area contributed by atoms with Crippen LogP contribution in [-0.4, -0.2) is 18.3 Å². The topological polar surface area (TPSA) is 29.1 Å². The molecular formula is C14H20ClNO. The maximum atomic E-state index is 11.9. The lowest BCUT2D eigenvalue weighted by Crippen LogP contribution is -2.29. The molecule has 0 bridgehead atoms. The molecule has 2 nitrogen and oxygen atoms in total. The molecule has 1 aromatic rings. The van der Waals surface area contributed by atoms with Crippen LogP contribution in [-0.2, 0) is 0 Å². The second kappa shape index (κ2) is 7.33. The summed E-state index contributed by atoms with van der Waals surface area (Å²) in [7, 11) is 0. The third-order valence-electron chi connectivity index (χ3n) is 2.93. The van der Waals surface area contributed by atoms with Gasteiger partial charge in [0.05, 0.1) is 0 Å². The average molecular weight is 254 g/mol. The van der Waals surface area contributed by atoms with Gasteiger partial charge in [-0.05, 0) is 31.4 Å². The SMILES string of the molecule is CCC(CCCl)CNC(=O)c1cccc(C)c1. The Labute approximate surface area is 108 Å². The van der Waals surface area contributed by atoms with Gasteiger partial charge in [-0.2, -0.15) is 0 Å². The van der Waals surface area contributed by atoms with E-state index in [2.05, 4.69) is 12.2 Å². The van der Waals surface area contributed by atoms with Gasteiger partial charge in [-0.1, -0.05) is 31.0 Å². The van der Waals surface area contributed by atoms with Crippen LogP contribution in [0.4, 0.5) is 0 Å². The van der Waals surface area contributed by atoms with E-state index in [0.717, 1.165) is 24.0 Å². The third kappa shape index (κ3) is 4.78. The summed E-state index contributed by atoms with van der Waals surface area (Å²) in [5.74, 6) is 1.13. The van der Waals surface area contributed by atoms with Gasteiger partial charge in [-0.25, -0.2) is 0 Å². The molecular weight excluding hydrogens is 234 g/mol. The van der Waals surface area contributed by atoms with Crippen molar-refractivity contribution in [2.75, 3.05) is 12.4 Å². The average Bonchev–Trinajstić information content (AvgIpc) is 2.34. The van der Waals surface area contributed by atoms with Gasteiger partial charge >= 0.3 is 0 Å². The van der Waals surface area contributed by atoms with Crippen molar-refractivity contribution in [3.63, 3.8) is 0 Å². The van der Waals surface area contributed by atoms with Crippen LogP contribution in [0, 0.1) is 12.8 Å². The maximum Gasteiger partial charge on any atom is 0.251 e. The molecule has 17 heavy (non-hydrogen) atoms. The molecule has 0 spiro atoms. The van der Waals surface area contributed by atoms with Crippen molar-refractivity contribution >= 4 is 17.5 Å². The lowest BCUT2D eigenvalue weighted by atomic mass is 10.0. The molecule has 94 valence electrons. The highest BCUT2D eigenvalue weighted by Crippen LogP contribution is 2.09. The van der Waals surface area contributed by atoms with Crippen molar-refractivity contribution < 1.29 is 4.79 Å². The van der Waals surface area contributed by atoms with Crippen molar-refractivity contribution in [3.8, 4) is 0 Å². The van der Waals surface area contributed by atoms with E-state index in [1.807, 2.05) is 31.2 Å². The number of alkyl halides is 1. The standard InChI is InChI=1S/C14H20ClNO/c1-3-12(7-8-15)10-16-14(17)13-6-4-5-11(2)9-13/h4-6,9,12H,3,7-8,10H2,1-2H3,(H,16,17). The fraction of sp³-hybridized carbons (Fsp3) is 0.500. The maximum absolute atomic E-state index is 11.9. The summed E-state index contributed by atoms with van der Waals surface area (Å²) >= 11 is 5.72. The Morgan fingerprint density at radius 1 is 1.47 bits per heavy atom. The highest BCUT2D eigenvalue weighted by Gasteiger charge is 2.09. The number of benzene rings is 1. The summed E-state index contributed by atoms with van der Waals surface area (Å²) in [5.41, 5.74) is 1.83. The lowest BCUT2D eigenvalue weighted by molar-refractivity contribution is 0.0946. The first-order valence-electron chi connectivity index (χ1n) is 6.08. The van der Waals surface area contributed by atoms with Gasteiger partial charge in [0.25, 0.3) is 5.91 Å². The summed E-state index contributed by atoms with van der Waals surface area (Å²) in [6, 6.07) is 7.63.